The van der Waals surface area contributed by atoms with Crippen LogP contribution in [0.3, 0.4) is 0 Å². The molecule has 3 amide bonds. The standard InChI is InChI=1S/C22H27N3O2/c1-2-3-7-17-10-12-19(13-11-17)24-22(27)25-15-14-23-21(26)20(25)16-18-8-5-4-6-9-18/h4-6,8-13,20H,2-3,7,14-16H2,1H3,(H,23,26)(H,24,27)/t20-/m0/s1. The van der Waals surface area contributed by atoms with Crippen molar-refractivity contribution in [1.29, 1.82) is 0 Å². The summed E-state index contributed by atoms with van der Waals surface area (Å²) in [7, 11) is 0. The number of carbonyl (C=O) groups is 2. The number of amides is 3. The summed E-state index contributed by atoms with van der Waals surface area (Å²) in [5.74, 6) is -0.102. The number of unbranched alkanes of at least 4 members (excludes halogenated alkanes) is 1. The molecule has 0 bridgehead atoms. The number of benzene rings is 2. The maximum Gasteiger partial charge on any atom is 0.322 e. The highest BCUT2D eigenvalue weighted by Crippen LogP contribution is 2.16. The monoisotopic (exact) mass is 365 g/mol. The van der Waals surface area contributed by atoms with Gasteiger partial charge in [0.15, 0.2) is 0 Å². The first-order chi connectivity index (χ1) is 13.2. The second kappa shape index (κ2) is 9.21. The average molecular weight is 365 g/mol. The number of urea groups is 1. The zero-order chi connectivity index (χ0) is 19.1. The fourth-order valence-electron chi connectivity index (χ4n) is 3.33. The summed E-state index contributed by atoms with van der Waals surface area (Å²) in [5, 5.41) is 5.81. The minimum atomic E-state index is -0.495. The lowest BCUT2D eigenvalue weighted by atomic mass is 10.0. The lowest BCUT2D eigenvalue weighted by molar-refractivity contribution is -0.127. The van der Waals surface area contributed by atoms with Crippen LogP contribution in [-0.4, -0.2) is 36.0 Å². The molecule has 1 saturated heterocycles. The number of rotatable bonds is 6. The van der Waals surface area contributed by atoms with Gasteiger partial charge in [-0.2, -0.15) is 0 Å². The van der Waals surface area contributed by atoms with Gasteiger partial charge < -0.3 is 15.5 Å². The first-order valence-corrected chi connectivity index (χ1v) is 9.65. The Morgan fingerprint density at radius 3 is 2.56 bits per heavy atom. The summed E-state index contributed by atoms with van der Waals surface area (Å²) in [6, 6.07) is 17.0. The van der Waals surface area contributed by atoms with Crippen LogP contribution in [0.1, 0.15) is 30.9 Å². The van der Waals surface area contributed by atoms with E-state index in [0.29, 0.717) is 19.5 Å². The number of hydrogen-bond acceptors (Lipinski definition) is 2. The molecule has 1 heterocycles. The van der Waals surface area contributed by atoms with Crippen LogP contribution < -0.4 is 10.6 Å². The third-order valence-electron chi connectivity index (χ3n) is 4.89. The lowest BCUT2D eigenvalue weighted by Crippen LogP contribution is -2.59. The molecule has 1 fully saturated rings. The van der Waals surface area contributed by atoms with E-state index >= 15 is 0 Å². The van der Waals surface area contributed by atoms with Crippen molar-refractivity contribution in [2.24, 2.45) is 0 Å². The second-order valence-corrected chi connectivity index (χ2v) is 6.92. The first kappa shape index (κ1) is 19.0. The quantitative estimate of drug-likeness (QED) is 0.822. The van der Waals surface area contributed by atoms with Gasteiger partial charge in [-0.15, -0.1) is 0 Å². The van der Waals surface area contributed by atoms with Crippen molar-refractivity contribution in [2.75, 3.05) is 18.4 Å². The van der Waals surface area contributed by atoms with Crippen LogP contribution in [0.5, 0.6) is 0 Å². The molecule has 0 aromatic heterocycles. The number of aryl methyl sites for hydroxylation is 1. The Hall–Kier alpha value is -2.82. The average Bonchev–Trinajstić information content (AvgIpc) is 2.70. The highest BCUT2D eigenvalue weighted by molar-refractivity contribution is 5.94. The predicted octanol–water partition coefficient (Wildman–Crippen LogP) is 3.60. The summed E-state index contributed by atoms with van der Waals surface area (Å²) in [6.45, 7) is 3.16. The highest BCUT2D eigenvalue weighted by atomic mass is 16.2. The topological polar surface area (TPSA) is 61.4 Å². The van der Waals surface area contributed by atoms with Gasteiger partial charge in [-0.1, -0.05) is 55.8 Å². The molecule has 1 aliphatic heterocycles. The van der Waals surface area contributed by atoms with E-state index in [1.807, 2.05) is 42.5 Å². The van der Waals surface area contributed by atoms with Gasteiger partial charge in [-0.3, -0.25) is 4.79 Å². The van der Waals surface area contributed by atoms with Crippen molar-refractivity contribution in [3.63, 3.8) is 0 Å². The van der Waals surface area contributed by atoms with Crippen molar-refractivity contribution in [3.8, 4) is 0 Å². The molecule has 2 aromatic rings. The molecule has 0 saturated carbocycles. The minimum absolute atomic E-state index is 0.102. The number of anilines is 1. The van der Waals surface area contributed by atoms with Gasteiger partial charge in [0.05, 0.1) is 0 Å². The van der Waals surface area contributed by atoms with Crippen molar-refractivity contribution in [1.82, 2.24) is 10.2 Å². The number of piperazine rings is 1. The summed E-state index contributed by atoms with van der Waals surface area (Å²) < 4.78 is 0. The molecule has 1 atom stereocenters. The summed E-state index contributed by atoms with van der Waals surface area (Å²) >= 11 is 0. The van der Waals surface area contributed by atoms with Crippen LogP contribution in [0.15, 0.2) is 54.6 Å². The van der Waals surface area contributed by atoms with E-state index in [2.05, 4.69) is 29.7 Å². The van der Waals surface area contributed by atoms with Gasteiger partial charge in [0, 0.05) is 25.2 Å². The molecule has 2 N–H and O–H groups in total. The molecule has 0 aliphatic carbocycles. The third kappa shape index (κ3) is 5.09. The van der Waals surface area contributed by atoms with Gasteiger partial charge in [-0.25, -0.2) is 4.79 Å². The minimum Gasteiger partial charge on any atom is -0.353 e. The Morgan fingerprint density at radius 2 is 1.85 bits per heavy atom. The Labute approximate surface area is 160 Å². The van der Waals surface area contributed by atoms with E-state index in [0.717, 1.165) is 30.5 Å². The fourth-order valence-corrected chi connectivity index (χ4v) is 3.33. The molecule has 27 heavy (non-hydrogen) atoms. The Bertz CT molecular complexity index is 759. The molecule has 3 rings (SSSR count). The van der Waals surface area contributed by atoms with E-state index < -0.39 is 6.04 Å². The van der Waals surface area contributed by atoms with Crippen LogP contribution in [-0.2, 0) is 17.6 Å². The van der Waals surface area contributed by atoms with Crippen molar-refractivity contribution in [2.45, 2.75) is 38.6 Å². The second-order valence-electron chi connectivity index (χ2n) is 6.92. The fraction of sp³-hybridized carbons (Fsp3) is 0.364. The van der Waals surface area contributed by atoms with Crippen LogP contribution >= 0.6 is 0 Å². The maximum atomic E-state index is 12.8. The van der Waals surface area contributed by atoms with Crippen molar-refractivity contribution in [3.05, 3.63) is 65.7 Å². The summed E-state index contributed by atoms with van der Waals surface area (Å²) in [6.07, 6.45) is 3.89. The maximum absolute atomic E-state index is 12.8. The largest absolute Gasteiger partial charge is 0.353 e. The lowest BCUT2D eigenvalue weighted by Gasteiger charge is -2.35. The van der Waals surface area contributed by atoms with Gasteiger partial charge in [-0.05, 0) is 36.1 Å². The Morgan fingerprint density at radius 1 is 1.11 bits per heavy atom. The van der Waals surface area contributed by atoms with Gasteiger partial charge in [0.1, 0.15) is 6.04 Å². The molecule has 0 spiro atoms. The van der Waals surface area contributed by atoms with Crippen LogP contribution in [0.2, 0.25) is 0 Å². The molecule has 5 heteroatoms. The molecular weight excluding hydrogens is 338 g/mol. The van der Waals surface area contributed by atoms with E-state index in [-0.39, 0.29) is 11.9 Å². The van der Waals surface area contributed by atoms with Crippen LogP contribution in [0, 0.1) is 0 Å². The van der Waals surface area contributed by atoms with E-state index in [9.17, 15) is 9.59 Å². The number of nitrogens with zero attached hydrogens (tertiary/aromatic N) is 1. The smallest absolute Gasteiger partial charge is 0.322 e. The zero-order valence-corrected chi connectivity index (χ0v) is 15.8. The Balaban J connectivity index is 1.66. The summed E-state index contributed by atoms with van der Waals surface area (Å²) in [4.78, 5) is 26.8. The van der Waals surface area contributed by atoms with Gasteiger partial charge in [0.25, 0.3) is 0 Å². The van der Waals surface area contributed by atoms with E-state index in [4.69, 9.17) is 0 Å². The third-order valence-corrected chi connectivity index (χ3v) is 4.89. The van der Waals surface area contributed by atoms with Crippen LogP contribution in [0.4, 0.5) is 10.5 Å². The highest BCUT2D eigenvalue weighted by Gasteiger charge is 2.33. The van der Waals surface area contributed by atoms with Crippen molar-refractivity contribution < 1.29 is 9.59 Å². The van der Waals surface area contributed by atoms with Crippen molar-refractivity contribution >= 4 is 17.6 Å². The molecule has 2 aromatic carbocycles. The normalized spacial score (nSPS) is 16.7. The van der Waals surface area contributed by atoms with Gasteiger partial charge >= 0.3 is 6.03 Å². The SMILES string of the molecule is CCCCc1ccc(NC(=O)N2CCNC(=O)[C@@H]2Cc2ccccc2)cc1. The summed E-state index contributed by atoms with van der Waals surface area (Å²) in [5.41, 5.74) is 3.07. The zero-order valence-electron chi connectivity index (χ0n) is 15.8. The predicted molar refractivity (Wildman–Crippen MR) is 108 cm³/mol. The van der Waals surface area contributed by atoms with E-state index in [1.165, 1.54) is 5.56 Å². The molecule has 0 radical (unpaired) electrons. The molecule has 0 unspecified atom stereocenters. The number of nitrogens with one attached hydrogen (secondary N) is 2. The molecular formula is C22H27N3O2. The van der Waals surface area contributed by atoms with Crippen LogP contribution in [0.25, 0.3) is 0 Å². The molecule has 5 nitrogen and oxygen atoms in total. The van der Waals surface area contributed by atoms with Gasteiger partial charge in [0.2, 0.25) is 5.91 Å². The first-order valence-electron chi connectivity index (χ1n) is 9.65. The molecule has 1 aliphatic rings. The molecule has 142 valence electrons. The number of carbonyl (C=O) groups excluding carboxylic acids is 2. The number of hydrogen-bond donors (Lipinski definition) is 2. The van der Waals surface area contributed by atoms with E-state index in [1.54, 1.807) is 4.90 Å². The Kier molecular flexibility index (Phi) is 6.47.